The van der Waals surface area contributed by atoms with Gasteiger partial charge in [0.1, 0.15) is 5.75 Å². The Morgan fingerprint density at radius 2 is 2.05 bits per heavy atom. The van der Waals surface area contributed by atoms with Crippen LogP contribution in [0.4, 0.5) is 14.5 Å². The van der Waals surface area contributed by atoms with Gasteiger partial charge >= 0.3 is 6.61 Å². The molecule has 3 N–H and O–H groups in total. The van der Waals surface area contributed by atoms with Crippen molar-refractivity contribution in [1.82, 2.24) is 0 Å². The van der Waals surface area contributed by atoms with Crippen molar-refractivity contribution in [1.29, 1.82) is 0 Å². The Balaban J connectivity index is 1.99. The van der Waals surface area contributed by atoms with Crippen LogP contribution < -0.4 is 15.8 Å². The van der Waals surface area contributed by atoms with Gasteiger partial charge < -0.3 is 15.8 Å². The standard InChI is InChI=1S/C15H20F2N2O2/c1-15(18)9-3-2-4-12(15)13(20)19-10-5-7-11(8-6-10)21-14(16)17/h5-8,12,14H,2-4,9,18H2,1H3,(H,19,20). The van der Waals surface area contributed by atoms with Crippen LogP contribution in [0.3, 0.4) is 0 Å². The van der Waals surface area contributed by atoms with Crippen LogP contribution >= 0.6 is 0 Å². The lowest BCUT2D eigenvalue weighted by atomic mass is 9.74. The number of ether oxygens (including phenoxy) is 1. The molecule has 116 valence electrons. The quantitative estimate of drug-likeness (QED) is 0.897. The molecule has 4 nitrogen and oxygen atoms in total. The average Bonchev–Trinajstić information content (AvgIpc) is 2.39. The van der Waals surface area contributed by atoms with Gasteiger partial charge in [-0.3, -0.25) is 4.79 Å². The Hall–Kier alpha value is -1.69. The summed E-state index contributed by atoms with van der Waals surface area (Å²) in [6.07, 6.45) is 3.63. The number of nitrogens with two attached hydrogens (primary N) is 1. The molecule has 1 aliphatic carbocycles. The van der Waals surface area contributed by atoms with Crippen molar-refractivity contribution < 1.29 is 18.3 Å². The number of carbonyl (C=O) groups is 1. The molecule has 0 aliphatic heterocycles. The van der Waals surface area contributed by atoms with Gasteiger partial charge in [0, 0.05) is 11.2 Å². The first-order chi connectivity index (χ1) is 9.88. The highest BCUT2D eigenvalue weighted by Crippen LogP contribution is 2.32. The maximum atomic E-state index is 12.3. The van der Waals surface area contributed by atoms with Crippen LogP contribution in [-0.2, 0) is 4.79 Å². The third-order valence-electron chi connectivity index (χ3n) is 3.92. The topological polar surface area (TPSA) is 64.4 Å². The lowest BCUT2D eigenvalue weighted by Gasteiger charge is -2.37. The van der Waals surface area contributed by atoms with Crippen molar-refractivity contribution in [3.63, 3.8) is 0 Å². The Morgan fingerprint density at radius 1 is 1.38 bits per heavy atom. The summed E-state index contributed by atoms with van der Waals surface area (Å²) in [5.41, 5.74) is 6.24. The number of benzene rings is 1. The fraction of sp³-hybridized carbons (Fsp3) is 0.533. The molecule has 0 aromatic heterocycles. The van der Waals surface area contributed by atoms with Crippen LogP contribution in [0.15, 0.2) is 24.3 Å². The fourth-order valence-electron chi connectivity index (χ4n) is 2.74. The van der Waals surface area contributed by atoms with E-state index in [9.17, 15) is 13.6 Å². The van der Waals surface area contributed by atoms with Crippen LogP contribution in [0, 0.1) is 5.92 Å². The minimum Gasteiger partial charge on any atom is -0.435 e. The fourth-order valence-corrected chi connectivity index (χ4v) is 2.74. The highest BCUT2D eigenvalue weighted by Gasteiger charge is 2.37. The number of nitrogens with one attached hydrogen (secondary N) is 1. The van der Waals surface area contributed by atoms with Crippen LogP contribution in [0.5, 0.6) is 5.75 Å². The summed E-state index contributed by atoms with van der Waals surface area (Å²) in [6.45, 7) is -0.957. The molecular weight excluding hydrogens is 278 g/mol. The number of anilines is 1. The van der Waals surface area contributed by atoms with E-state index < -0.39 is 12.2 Å². The second kappa shape index (κ2) is 6.39. The third kappa shape index (κ3) is 4.14. The molecule has 1 fully saturated rings. The van der Waals surface area contributed by atoms with E-state index >= 15 is 0 Å². The Morgan fingerprint density at radius 3 is 2.62 bits per heavy atom. The van der Waals surface area contributed by atoms with Gasteiger partial charge in [0.2, 0.25) is 5.91 Å². The summed E-state index contributed by atoms with van der Waals surface area (Å²) in [4.78, 5) is 12.3. The second-order valence-electron chi connectivity index (χ2n) is 5.70. The van der Waals surface area contributed by atoms with Gasteiger partial charge in [-0.05, 0) is 44.0 Å². The Kier molecular flexibility index (Phi) is 4.77. The molecule has 2 atom stereocenters. The predicted molar refractivity (Wildman–Crippen MR) is 76.3 cm³/mol. The highest BCUT2D eigenvalue weighted by atomic mass is 19.3. The van der Waals surface area contributed by atoms with Gasteiger partial charge in [0.05, 0.1) is 5.92 Å². The number of amides is 1. The van der Waals surface area contributed by atoms with Crippen LogP contribution in [0.25, 0.3) is 0 Å². The minimum absolute atomic E-state index is 0.0596. The van der Waals surface area contributed by atoms with E-state index in [-0.39, 0.29) is 17.6 Å². The zero-order valence-corrected chi connectivity index (χ0v) is 11.9. The summed E-state index contributed by atoms with van der Waals surface area (Å²) >= 11 is 0. The molecule has 0 radical (unpaired) electrons. The van der Waals surface area contributed by atoms with Gasteiger partial charge in [-0.25, -0.2) is 0 Å². The molecule has 0 heterocycles. The van der Waals surface area contributed by atoms with E-state index in [1.165, 1.54) is 24.3 Å². The van der Waals surface area contributed by atoms with Gasteiger partial charge in [-0.2, -0.15) is 8.78 Å². The van der Waals surface area contributed by atoms with Gasteiger partial charge in [0.15, 0.2) is 0 Å². The number of carbonyl (C=O) groups excluding carboxylic acids is 1. The molecule has 2 unspecified atom stereocenters. The van der Waals surface area contributed by atoms with Crippen molar-refractivity contribution in [3.05, 3.63) is 24.3 Å². The first kappa shape index (κ1) is 15.7. The zero-order chi connectivity index (χ0) is 15.5. The normalized spacial score (nSPS) is 25.7. The first-order valence-corrected chi connectivity index (χ1v) is 7.03. The molecular formula is C15H20F2N2O2. The largest absolute Gasteiger partial charge is 0.435 e. The van der Waals surface area contributed by atoms with Crippen molar-refractivity contribution in [2.45, 2.75) is 44.8 Å². The van der Waals surface area contributed by atoms with Gasteiger partial charge in [-0.15, -0.1) is 0 Å². The van der Waals surface area contributed by atoms with E-state index in [2.05, 4.69) is 10.1 Å². The summed E-state index contributed by atoms with van der Waals surface area (Å²) in [5, 5.41) is 2.79. The lowest BCUT2D eigenvalue weighted by Crippen LogP contribution is -2.51. The van der Waals surface area contributed by atoms with Crippen molar-refractivity contribution in [2.75, 3.05) is 5.32 Å². The van der Waals surface area contributed by atoms with E-state index in [1.807, 2.05) is 6.92 Å². The number of alkyl halides is 2. The van der Waals surface area contributed by atoms with Crippen LogP contribution in [0.2, 0.25) is 0 Å². The maximum absolute atomic E-state index is 12.3. The van der Waals surface area contributed by atoms with Crippen molar-refractivity contribution in [2.24, 2.45) is 11.7 Å². The monoisotopic (exact) mass is 298 g/mol. The highest BCUT2D eigenvalue weighted by molar-refractivity contribution is 5.93. The summed E-state index contributed by atoms with van der Waals surface area (Å²) in [5.74, 6) is -0.296. The van der Waals surface area contributed by atoms with Crippen molar-refractivity contribution >= 4 is 11.6 Å². The Labute approximate surface area is 122 Å². The number of rotatable bonds is 4. The van der Waals surface area contributed by atoms with Gasteiger partial charge in [-0.1, -0.05) is 12.8 Å². The minimum atomic E-state index is -2.86. The molecule has 0 bridgehead atoms. The Bertz CT molecular complexity index is 489. The molecule has 0 spiro atoms. The van der Waals surface area contributed by atoms with Crippen LogP contribution in [-0.4, -0.2) is 18.1 Å². The third-order valence-corrected chi connectivity index (χ3v) is 3.92. The molecule has 6 heteroatoms. The van der Waals surface area contributed by atoms with E-state index in [0.717, 1.165) is 25.7 Å². The smallest absolute Gasteiger partial charge is 0.387 e. The number of hydrogen-bond acceptors (Lipinski definition) is 3. The predicted octanol–water partition coefficient (Wildman–Crippen LogP) is 3.13. The molecule has 0 saturated heterocycles. The molecule has 1 aliphatic rings. The van der Waals surface area contributed by atoms with E-state index in [1.54, 1.807) is 0 Å². The van der Waals surface area contributed by atoms with Crippen molar-refractivity contribution in [3.8, 4) is 5.75 Å². The molecule has 1 aromatic carbocycles. The first-order valence-electron chi connectivity index (χ1n) is 7.03. The zero-order valence-electron chi connectivity index (χ0n) is 11.9. The maximum Gasteiger partial charge on any atom is 0.387 e. The second-order valence-corrected chi connectivity index (χ2v) is 5.70. The van der Waals surface area contributed by atoms with Crippen LogP contribution in [0.1, 0.15) is 32.6 Å². The molecule has 21 heavy (non-hydrogen) atoms. The van der Waals surface area contributed by atoms with Gasteiger partial charge in [0.25, 0.3) is 0 Å². The molecule has 1 amide bonds. The van der Waals surface area contributed by atoms with E-state index in [4.69, 9.17) is 5.73 Å². The SMILES string of the molecule is CC1(N)CCCCC1C(=O)Nc1ccc(OC(F)F)cc1. The molecule has 1 saturated carbocycles. The molecule has 1 aromatic rings. The molecule has 2 rings (SSSR count). The summed E-state index contributed by atoms with van der Waals surface area (Å²) in [6, 6.07) is 5.85. The van der Waals surface area contributed by atoms with E-state index in [0.29, 0.717) is 5.69 Å². The number of halogens is 2. The average molecular weight is 298 g/mol. The lowest BCUT2D eigenvalue weighted by molar-refractivity contribution is -0.122. The summed E-state index contributed by atoms with van der Waals surface area (Å²) < 4.78 is 28.4. The number of hydrogen-bond donors (Lipinski definition) is 2. The summed E-state index contributed by atoms with van der Waals surface area (Å²) in [7, 11) is 0.